The van der Waals surface area contributed by atoms with Gasteiger partial charge in [0.25, 0.3) is 0 Å². The Morgan fingerprint density at radius 2 is 2.14 bits per heavy atom. The van der Waals surface area contributed by atoms with E-state index in [9.17, 15) is 0 Å². The van der Waals surface area contributed by atoms with Crippen molar-refractivity contribution in [1.29, 1.82) is 0 Å². The van der Waals surface area contributed by atoms with Crippen LogP contribution in [0.2, 0.25) is 0 Å². The van der Waals surface area contributed by atoms with Crippen LogP contribution in [0.25, 0.3) is 22.2 Å². The molecule has 0 fully saturated rings. The largest absolute Gasteiger partial charge is 0.443 e. The number of benzene rings is 1. The van der Waals surface area contributed by atoms with Gasteiger partial charge in [-0.05, 0) is 40.1 Å². The Bertz CT molecular complexity index is 553. The molecule has 0 saturated carbocycles. The first-order chi connectivity index (χ1) is 6.93. The molecule has 0 aliphatic carbocycles. The molecular formula is C11H7NOS. The fourth-order valence-electron chi connectivity index (χ4n) is 1.46. The Kier molecular flexibility index (Phi) is 1.64. The number of hydrogen-bond donors (Lipinski definition) is 0. The van der Waals surface area contributed by atoms with Gasteiger partial charge in [-0.15, -0.1) is 0 Å². The first-order valence-corrected chi connectivity index (χ1v) is 5.23. The average molecular weight is 201 g/mol. The summed E-state index contributed by atoms with van der Waals surface area (Å²) in [5.41, 5.74) is 4.15. The minimum absolute atomic E-state index is 0.841. The van der Waals surface area contributed by atoms with Gasteiger partial charge in [-0.1, -0.05) is 6.07 Å². The second kappa shape index (κ2) is 2.96. The normalized spacial score (nSPS) is 10.9. The highest BCUT2D eigenvalue weighted by Gasteiger charge is 2.02. The molecule has 3 rings (SSSR count). The Labute approximate surface area is 84.8 Å². The molecule has 2 aromatic heterocycles. The van der Waals surface area contributed by atoms with Crippen LogP contribution in [0.1, 0.15) is 0 Å². The minimum Gasteiger partial charge on any atom is -0.443 e. The zero-order chi connectivity index (χ0) is 9.38. The van der Waals surface area contributed by atoms with Crippen molar-refractivity contribution < 1.29 is 4.42 Å². The molecule has 3 aromatic rings. The van der Waals surface area contributed by atoms with Crippen molar-refractivity contribution in [3.8, 4) is 11.1 Å². The Balaban J connectivity index is 2.23. The first-order valence-electron chi connectivity index (χ1n) is 4.29. The van der Waals surface area contributed by atoms with E-state index in [1.165, 1.54) is 17.5 Å². The molecule has 2 heterocycles. The number of rotatable bonds is 1. The third-order valence-corrected chi connectivity index (χ3v) is 2.87. The summed E-state index contributed by atoms with van der Waals surface area (Å²) >= 11 is 1.70. The number of hydrogen-bond acceptors (Lipinski definition) is 3. The number of oxazole rings is 1. The minimum atomic E-state index is 0.841. The molecule has 0 amide bonds. The lowest BCUT2D eigenvalue weighted by Gasteiger charge is -1.95. The van der Waals surface area contributed by atoms with Gasteiger partial charge >= 0.3 is 0 Å². The summed E-state index contributed by atoms with van der Waals surface area (Å²) in [6, 6.07) is 8.16. The van der Waals surface area contributed by atoms with E-state index in [2.05, 4.69) is 27.9 Å². The molecular weight excluding hydrogens is 194 g/mol. The summed E-state index contributed by atoms with van der Waals surface area (Å²) in [6.07, 6.45) is 1.47. The number of thiophene rings is 1. The smallest absolute Gasteiger partial charge is 0.181 e. The van der Waals surface area contributed by atoms with Crippen LogP contribution in [0.5, 0.6) is 0 Å². The fraction of sp³-hybridized carbons (Fsp3) is 0. The molecule has 0 aliphatic rings. The molecule has 0 radical (unpaired) electrons. The van der Waals surface area contributed by atoms with E-state index in [1.54, 1.807) is 11.3 Å². The van der Waals surface area contributed by atoms with Gasteiger partial charge in [-0.2, -0.15) is 11.3 Å². The zero-order valence-corrected chi connectivity index (χ0v) is 8.12. The van der Waals surface area contributed by atoms with Crippen LogP contribution in [0.15, 0.2) is 45.8 Å². The monoisotopic (exact) mass is 201 g/mol. The van der Waals surface area contributed by atoms with Gasteiger partial charge in [0, 0.05) is 0 Å². The van der Waals surface area contributed by atoms with Crippen LogP contribution in [-0.2, 0) is 0 Å². The second-order valence-corrected chi connectivity index (χ2v) is 3.83. The summed E-state index contributed by atoms with van der Waals surface area (Å²) in [5.74, 6) is 0. The highest BCUT2D eigenvalue weighted by Crippen LogP contribution is 2.25. The molecule has 68 valence electrons. The lowest BCUT2D eigenvalue weighted by atomic mass is 10.1. The van der Waals surface area contributed by atoms with E-state index in [1.807, 2.05) is 12.1 Å². The molecule has 2 nitrogen and oxygen atoms in total. The maximum atomic E-state index is 5.25. The van der Waals surface area contributed by atoms with Crippen molar-refractivity contribution in [3.05, 3.63) is 41.4 Å². The van der Waals surface area contributed by atoms with Gasteiger partial charge < -0.3 is 4.42 Å². The topological polar surface area (TPSA) is 26.0 Å². The molecule has 14 heavy (non-hydrogen) atoms. The van der Waals surface area contributed by atoms with E-state index in [-0.39, 0.29) is 0 Å². The number of aromatic nitrogens is 1. The Morgan fingerprint density at radius 1 is 1.14 bits per heavy atom. The number of nitrogens with zero attached hydrogens (tertiary/aromatic N) is 1. The predicted molar refractivity (Wildman–Crippen MR) is 57.3 cm³/mol. The van der Waals surface area contributed by atoms with Crippen LogP contribution in [-0.4, -0.2) is 4.98 Å². The summed E-state index contributed by atoms with van der Waals surface area (Å²) in [6.45, 7) is 0. The predicted octanol–water partition coefficient (Wildman–Crippen LogP) is 3.56. The molecule has 0 atom stereocenters. The van der Waals surface area contributed by atoms with Crippen LogP contribution >= 0.6 is 11.3 Å². The van der Waals surface area contributed by atoms with Crippen LogP contribution in [0.4, 0.5) is 0 Å². The molecule has 0 N–H and O–H groups in total. The highest BCUT2D eigenvalue weighted by atomic mass is 32.1. The number of fused-ring (bicyclic) bond motifs is 1. The van der Waals surface area contributed by atoms with Crippen molar-refractivity contribution in [2.45, 2.75) is 0 Å². The van der Waals surface area contributed by atoms with Crippen molar-refractivity contribution in [2.24, 2.45) is 0 Å². The van der Waals surface area contributed by atoms with Crippen molar-refractivity contribution >= 4 is 22.4 Å². The maximum Gasteiger partial charge on any atom is 0.181 e. The van der Waals surface area contributed by atoms with Gasteiger partial charge in [-0.3, -0.25) is 0 Å². The van der Waals surface area contributed by atoms with Crippen molar-refractivity contribution in [1.82, 2.24) is 4.98 Å². The maximum absolute atomic E-state index is 5.25. The third-order valence-electron chi connectivity index (χ3n) is 2.19. The fourth-order valence-corrected chi connectivity index (χ4v) is 2.13. The van der Waals surface area contributed by atoms with Gasteiger partial charge in [-0.25, -0.2) is 4.98 Å². The second-order valence-electron chi connectivity index (χ2n) is 3.05. The van der Waals surface area contributed by atoms with Gasteiger partial charge in [0.05, 0.1) is 0 Å². The van der Waals surface area contributed by atoms with Crippen molar-refractivity contribution in [3.63, 3.8) is 0 Å². The molecule has 0 spiro atoms. The van der Waals surface area contributed by atoms with E-state index >= 15 is 0 Å². The van der Waals surface area contributed by atoms with Crippen LogP contribution in [0.3, 0.4) is 0 Å². The van der Waals surface area contributed by atoms with Crippen LogP contribution < -0.4 is 0 Å². The van der Waals surface area contributed by atoms with Gasteiger partial charge in [0.2, 0.25) is 0 Å². The van der Waals surface area contributed by atoms with E-state index in [0.717, 1.165) is 11.1 Å². The molecule has 0 unspecified atom stereocenters. The highest BCUT2D eigenvalue weighted by molar-refractivity contribution is 7.08. The molecule has 0 saturated heterocycles. The molecule has 0 bridgehead atoms. The Hall–Kier alpha value is -1.61. The lowest BCUT2D eigenvalue weighted by Crippen LogP contribution is -1.73. The SMILES string of the molecule is c1nc2ccc(-c3ccsc3)cc2o1. The summed E-state index contributed by atoms with van der Waals surface area (Å²) in [5, 5.41) is 4.19. The summed E-state index contributed by atoms with van der Waals surface area (Å²) in [7, 11) is 0. The summed E-state index contributed by atoms with van der Waals surface area (Å²) in [4.78, 5) is 4.08. The van der Waals surface area contributed by atoms with Gasteiger partial charge in [0.1, 0.15) is 5.52 Å². The van der Waals surface area contributed by atoms with Crippen LogP contribution in [0, 0.1) is 0 Å². The third kappa shape index (κ3) is 1.14. The van der Waals surface area contributed by atoms with Gasteiger partial charge in [0.15, 0.2) is 12.0 Å². The average Bonchev–Trinajstić information content (AvgIpc) is 2.88. The zero-order valence-electron chi connectivity index (χ0n) is 7.31. The summed E-state index contributed by atoms with van der Waals surface area (Å²) < 4.78 is 5.25. The lowest BCUT2D eigenvalue weighted by molar-refractivity contribution is 0.602. The quantitative estimate of drug-likeness (QED) is 0.601. The van der Waals surface area contributed by atoms with E-state index < -0.39 is 0 Å². The van der Waals surface area contributed by atoms with Crippen molar-refractivity contribution in [2.75, 3.05) is 0 Å². The molecule has 0 aliphatic heterocycles. The van der Waals surface area contributed by atoms with E-state index in [0.29, 0.717) is 0 Å². The van der Waals surface area contributed by atoms with E-state index in [4.69, 9.17) is 4.42 Å². The molecule has 1 aromatic carbocycles. The standard InChI is InChI=1S/C11H7NOS/c1-2-10-11(13-7-12-10)5-8(1)9-3-4-14-6-9/h1-7H. The molecule has 3 heteroatoms. The first kappa shape index (κ1) is 7.76. The Morgan fingerprint density at radius 3 is 3.00 bits per heavy atom.